The third kappa shape index (κ3) is 4.88. The van der Waals surface area contributed by atoms with Crippen LogP contribution in [0.1, 0.15) is 17.0 Å². The normalized spacial score (nSPS) is 10.8. The van der Waals surface area contributed by atoms with Gasteiger partial charge in [0.2, 0.25) is 0 Å². The van der Waals surface area contributed by atoms with Crippen LogP contribution in [0.15, 0.2) is 30.3 Å². The minimum Gasteiger partial charge on any atom is -0.487 e. The molecule has 0 saturated heterocycles. The molecule has 0 saturated carbocycles. The predicted molar refractivity (Wildman–Crippen MR) is 82.3 cm³/mol. The molecule has 0 amide bonds. The van der Waals surface area contributed by atoms with E-state index in [1.807, 2.05) is 36.9 Å². The number of aromatic nitrogens is 2. The summed E-state index contributed by atoms with van der Waals surface area (Å²) in [6.45, 7) is 4.93. The first-order valence-electron chi connectivity index (χ1n) is 7.10. The fourth-order valence-electron chi connectivity index (χ4n) is 2.07. The standard InChI is InChI=1S/C16H23N3O2/c1-13-10-15(19(2)18-13)12-21-16-6-4-14(5-7-16)11-17-8-9-20-3/h4-7,10,17H,8-9,11-12H2,1-3H3. The van der Waals surface area contributed by atoms with Crippen LogP contribution in [0.4, 0.5) is 0 Å². The van der Waals surface area contributed by atoms with E-state index in [4.69, 9.17) is 9.47 Å². The lowest BCUT2D eigenvalue weighted by Gasteiger charge is -2.08. The highest BCUT2D eigenvalue weighted by atomic mass is 16.5. The van der Waals surface area contributed by atoms with E-state index >= 15 is 0 Å². The van der Waals surface area contributed by atoms with Gasteiger partial charge in [-0.15, -0.1) is 0 Å². The molecule has 0 unspecified atom stereocenters. The van der Waals surface area contributed by atoms with Gasteiger partial charge in [-0.3, -0.25) is 4.68 Å². The van der Waals surface area contributed by atoms with Gasteiger partial charge in [0.05, 0.1) is 18.0 Å². The molecule has 114 valence electrons. The van der Waals surface area contributed by atoms with Crippen molar-refractivity contribution in [3.8, 4) is 5.75 Å². The van der Waals surface area contributed by atoms with Gasteiger partial charge in [0.25, 0.3) is 0 Å². The minimum atomic E-state index is 0.531. The second kappa shape index (κ2) is 7.81. The maximum absolute atomic E-state index is 5.78. The van der Waals surface area contributed by atoms with Gasteiger partial charge in [0.1, 0.15) is 12.4 Å². The summed E-state index contributed by atoms with van der Waals surface area (Å²) >= 11 is 0. The molecule has 0 aliphatic carbocycles. The van der Waals surface area contributed by atoms with Crippen LogP contribution in [0.3, 0.4) is 0 Å². The van der Waals surface area contributed by atoms with E-state index in [9.17, 15) is 0 Å². The van der Waals surface area contributed by atoms with Crippen LogP contribution in [-0.4, -0.2) is 30.0 Å². The van der Waals surface area contributed by atoms with Crippen molar-refractivity contribution in [3.05, 3.63) is 47.3 Å². The summed E-state index contributed by atoms with van der Waals surface area (Å²) in [5.41, 5.74) is 3.31. The van der Waals surface area contributed by atoms with E-state index in [2.05, 4.69) is 22.5 Å². The van der Waals surface area contributed by atoms with E-state index < -0.39 is 0 Å². The third-order valence-electron chi connectivity index (χ3n) is 3.22. The Morgan fingerprint density at radius 2 is 2.00 bits per heavy atom. The Labute approximate surface area is 125 Å². The summed E-state index contributed by atoms with van der Waals surface area (Å²) in [5.74, 6) is 0.870. The van der Waals surface area contributed by atoms with Gasteiger partial charge in [-0.25, -0.2) is 0 Å². The molecule has 0 spiro atoms. The average Bonchev–Trinajstić information content (AvgIpc) is 2.81. The molecule has 2 aromatic rings. The van der Waals surface area contributed by atoms with Gasteiger partial charge in [0.15, 0.2) is 0 Å². The SMILES string of the molecule is COCCNCc1ccc(OCc2cc(C)nn2C)cc1. The lowest BCUT2D eigenvalue weighted by Crippen LogP contribution is -2.18. The molecule has 0 aliphatic rings. The van der Waals surface area contributed by atoms with E-state index in [1.165, 1.54) is 5.56 Å². The second-order valence-corrected chi connectivity index (χ2v) is 5.00. The Morgan fingerprint density at radius 3 is 2.62 bits per heavy atom. The molecule has 0 aliphatic heterocycles. The van der Waals surface area contributed by atoms with Crippen LogP contribution in [-0.2, 0) is 24.9 Å². The number of ether oxygens (including phenoxy) is 2. The Bertz CT molecular complexity index is 549. The van der Waals surface area contributed by atoms with Gasteiger partial charge in [-0.05, 0) is 30.7 Å². The van der Waals surface area contributed by atoms with Crippen LogP contribution < -0.4 is 10.1 Å². The molecule has 5 nitrogen and oxygen atoms in total. The Balaban J connectivity index is 1.80. The molecular weight excluding hydrogens is 266 g/mol. The first kappa shape index (κ1) is 15.5. The number of nitrogens with one attached hydrogen (secondary N) is 1. The molecule has 0 radical (unpaired) electrons. The summed E-state index contributed by atoms with van der Waals surface area (Å²) in [6, 6.07) is 10.2. The highest BCUT2D eigenvalue weighted by molar-refractivity contribution is 5.27. The van der Waals surface area contributed by atoms with Crippen LogP contribution >= 0.6 is 0 Å². The molecule has 0 bridgehead atoms. The fraction of sp³-hybridized carbons (Fsp3) is 0.438. The van der Waals surface area contributed by atoms with Crippen molar-refractivity contribution in [2.75, 3.05) is 20.3 Å². The highest BCUT2D eigenvalue weighted by Gasteiger charge is 2.03. The second-order valence-electron chi connectivity index (χ2n) is 5.00. The summed E-state index contributed by atoms with van der Waals surface area (Å²) in [4.78, 5) is 0. The molecule has 1 aromatic heterocycles. The van der Waals surface area contributed by atoms with Crippen molar-refractivity contribution in [3.63, 3.8) is 0 Å². The molecule has 0 atom stereocenters. The Hall–Kier alpha value is -1.85. The number of benzene rings is 1. The number of aryl methyl sites for hydroxylation is 2. The van der Waals surface area contributed by atoms with Gasteiger partial charge >= 0.3 is 0 Å². The van der Waals surface area contributed by atoms with Crippen molar-refractivity contribution in [2.24, 2.45) is 7.05 Å². The Kier molecular flexibility index (Phi) is 5.78. The van der Waals surface area contributed by atoms with E-state index in [0.717, 1.165) is 36.8 Å². The zero-order chi connectivity index (χ0) is 15.1. The smallest absolute Gasteiger partial charge is 0.130 e. The first-order chi connectivity index (χ1) is 10.2. The van der Waals surface area contributed by atoms with Crippen molar-refractivity contribution in [1.82, 2.24) is 15.1 Å². The number of hydrogen-bond acceptors (Lipinski definition) is 4. The predicted octanol–water partition coefficient (Wildman–Crippen LogP) is 2.04. The number of rotatable bonds is 8. The topological polar surface area (TPSA) is 48.3 Å². The lowest BCUT2D eigenvalue weighted by molar-refractivity contribution is 0.199. The number of nitrogens with zero attached hydrogens (tertiary/aromatic N) is 2. The quantitative estimate of drug-likeness (QED) is 0.756. The van der Waals surface area contributed by atoms with Gasteiger partial charge in [-0.2, -0.15) is 5.10 Å². The number of methoxy groups -OCH3 is 1. The zero-order valence-corrected chi connectivity index (χ0v) is 12.9. The number of hydrogen-bond donors (Lipinski definition) is 1. The van der Waals surface area contributed by atoms with Crippen LogP contribution in [0.5, 0.6) is 5.75 Å². The highest BCUT2D eigenvalue weighted by Crippen LogP contribution is 2.14. The molecular formula is C16H23N3O2. The average molecular weight is 289 g/mol. The molecule has 1 N–H and O–H groups in total. The van der Waals surface area contributed by atoms with E-state index in [0.29, 0.717) is 6.61 Å². The zero-order valence-electron chi connectivity index (χ0n) is 12.9. The molecule has 21 heavy (non-hydrogen) atoms. The van der Waals surface area contributed by atoms with Crippen LogP contribution in [0.25, 0.3) is 0 Å². The van der Waals surface area contributed by atoms with Gasteiger partial charge < -0.3 is 14.8 Å². The summed E-state index contributed by atoms with van der Waals surface area (Å²) in [6.07, 6.45) is 0. The van der Waals surface area contributed by atoms with Crippen molar-refractivity contribution in [1.29, 1.82) is 0 Å². The van der Waals surface area contributed by atoms with E-state index in [-0.39, 0.29) is 0 Å². The largest absolute Gasteiger partial charge is 0.487 e. The van der Waals surface area contributed by atoms with Crippen molar-refractivity contribution < 1.29 is 9.47 Å². The Morgan fingerprint density at radius 1 is 1.24 bits per heavy atom. The van der Waals surface area contributed by atoms with Gasteiger partial charge in [-0.1, -0.05) is 12.1 Å². The molecule has 5 heteroatoms. The first-order valence-corrected chi connectivity index (χ1v) is 7.10. The van der Waals surface area contributed by atoms with Crippen LogP contribution in [0, 0.1) is 6.92 Å². The summed E-state index contributed by atoms with van der Waals surface area (Å²) in [7, 11) is 3.64. The summed E-state index contributed by atoms with van der Waals surface area (Å²) in [5, 5.41) is 7.62. The molecule has 0 fully saturated rings. The van der Waals surface area contributed by atoms with Crippen LogP contribution in [0.2, 0.25) is 0 Å². The van der Waals surface area contributed by atoms with Crippen molar-refractivity contribution in [2.45, 2.75) is 20.1 Å². The maximum Gasteiger partial charge on any atom is 0.130 e. The molecule has 1 heterocycles. The minimum absolute atomic E-state index is 0.531. The van der Waals surface area contributed by atoms with E-state index in [1.54, 1.807) is 7.11 Å². The third-order valence-corrected chi connectivity index (χ3v) is 3.22. The summed E-state index contributed by atoms with van der Waals surface area (Å²) < 4.78 is 12.6. The maximum atomic E-state index is 5.78. The monoisotopic (exact) mass is 289 g/mol. The lowest BCUT2D eigenvalue weighted by atomic mass is 10.2. The van der Waals surface area contributed by atoms with Crippen molar-refractivity contribution >= 4 is 0 Å². The van der Waals surface area contributed by atoms with Gasteiger partial charge in [0, 0.05) is 27.2 Å². The molecule has 1 aromatic carbocycles. The fourth-order valence-corrected chi connectivity index (χ4v) is 2.07. The molecule has 2 rings (SSSR count).